The minimum absolute atomic E-state index is 0.151. The van der Waals surface area contributed by atoms with Crippen LogP contribution in [0.3, 0.4) is 0 Å². The van der Waals surface area contributed by atoms with Gasteiger partial charge in [0, 0.05) is 37.8 Å². The Bertz CT molecular complexity index is 469. The number of carbonyl (C=O) groups is 1. The molecule has 0 radical (unpaired) electrons. The summed E-state index contributed by atoms with van der Waals surface area (Å²) in [4.78, 5) is 13.5. The van der Waals surface area contributed by atoms with Crippen molar-refractivity contribution in [1.29, 1.82) is 0 Å². The highest BCUT2D eigenvalue weighted by Crippen LogP contribution is 2.28. The topological polar surface area (TPSA) is 46.5 Å². The van der Waals surface area contributed by atoms with E-state index < -0.39 is 0 Å². The molecule has 2 atom stereocenters. The van der Waals surface area contributed by atoms with E-state index >= 15 is 0 Å². The average molecular weight is 249 g/mol. The number of carbonyl (C=O) groups excluding carboxylic acids is 1. The van der Waals surface area contributed by atoms with E-state index in [2.05, 4.69) is 22.9 Å². The summed E-state index contributed by atoms with van der Waals surface area (Å²) in [6.45, 7) is 6.94. The molecule has 0 bridgehead atoms. The zero-order chi connectivity index (χ0) is 12.7. The van der Waals surface area contributed by atoms with E-state index in [1.54, 1.807) is 6.92 Å². The van der Waals surface area contributed by atoms with Crippen molar-refractivity contribution < 1.29 is 9.53 Å². The van der Waals surface area contributed by atoms with E-state index in [0.717, 1.165) is 32.1 Å². The smallest absolute Gasteiger partial charge is 0.219 e. The lowest BCUT2D eigenvalue weighted by Crippen LogP contribution is -2.52. The summed E-state index contributed by atoms with van der Waals surface area (Å²) >= 11 is 0. The molecule has 2 unspecified atom stereocenters. The van der Waals surface area contributed by atoms with Crippen molar-refractivity contribution in [3.05, 3.63) is 17.8 Å². The first-order valence-electron chi connectivity index (χ1n) is 6.49. The minimum atomic E-state index is 0.151. The van der Waals surface area contributed by atoms with Gasteiger partial charge in [0.15, 0.2) is 5.88 Å². The standard InChI is InChI=1S/C13H19N3O2/c1-9-7-15(10(2)17)8-11(14-9)12-3-4-13-16(12)5-6-18-13/h3-4,9,11,14H,5-8H2,1-2H3. The molecule has 1 N–H and O–H groups in total. The number of amides is 1. The summed E-state index contributed by atoms with van der Waals surface area (Å²) in [5.74, 6) is 1.09. The fraction of sp³-hybridized carbons (Fsp3) is 0.615. The summed E-state index contributed by atoms with van der Waals surface area (Å²) < 4.78 is 7.73. The van der Waals surface area contributed by atoms with E-state index in [-0.39, 0.29) is 11.9 Å². The maximum Gasteiger partial charge on any atom is 0.219 e. The third-order valence-electron chi connectivity index (χ3n) is 3.72. The Hall–Kier alpha value is -1.49. The molecule has 1 saturated heterocycles. The van der Waals surface area contributed by atoms with Crippen LogP contribution in [0.1, 0.15) is 25.6 Å². The van der Waals surface area contributed by atoms with Crippen LogP contribution in [-0.4, -0.2) is 41.1 Å². The molecule has 0 aliphatic carbocycles. The first-order valence-corrected chi connectivity index (χ1v) is 6.49. The zero-order valence-corrected chi connectivity index (χ0v) is 10.8. The Morgan fingerprint density at radius 3 is 3.06 bits per heavy atom. The largest absolute Gasteiger partial charge is 0.477 e. The van der Waals surface area contributed by atoms with Gasteiger partial charge in [-0.3, -0.25) is 4.79 Å². The monoisotopic (exact) mass is 249 g/mol. The van der Waals surface area contributed by atoms with Crippen molar-refractivity contribution in [1.82, 2.24) is 14.8 Å². The summed E-state index contributed by atoms with van der Waals surface area (Å²) in [6, 6.07) is 4.64. The van der Waals surface area contributed by atoms with Crippen LogP contribution in [0.4, 0.5) is 0 Å². The molecule has 5 nitrogen and oxygen atoms in total. The predicted octanol–water partition coefficient (Wildman–Crippen LogP) is 0.762. The molecule has 0 saturated carbocycles. The highest BCUT2D eigenvalue weighted by Gasteiger charge is 2.29. The summed E-state index contributed by atoms with van der Waals surface area (Å²) in [6.07, 6.45) is 0. The molecule has 2 aliphatic rings. The molecule has 3 rings (SSSR count). The number of rotatable bonds is 1. The van der Waals surface area contributed by atoms with E-state index in [9.17, 15) is 4.79 Å². The molecule has 18 heavy (non-hydrogen) atoms. The van der Waals surface area contributed by atoms with Crippen LogP contribution in [0.25, 0.3) is 0 Å². The third kappa shape index (κ3) is 1.88. The minimum Gasteiger partial charge on any atom is -0.477 e. The SMILES string of the molecule is CC(=O)N1CC(C)NC(c2ccc3n2CCO3)C1. The number of hydrogen-bond acceptors (Lipinski definition) is 3. The predicted molar refractivity (Wildman–Crippen MR) is 67.5 cm³/mol. The van der Waals surface area contributed by atoms with E-state index in [1.807, 2.05) is 11.0 Å². The second kappa shape index (κ2) is 4.31. The summed E-state index contributed by atoms with van der Waals surface area (Å²) in [7, 11) is 0. The second-order valence-electron chi connectivity index (χ2n) is 5.14. The number of aromatic nitrogens is 1. The second-order valence-corrected chi connectivity index (χ2v) is 5.14. The fourth-order valence-electron chi connectivity index (χ4n) is 2.89. The van der Waals surface area contributed by atoms with E-state index in [1.165, 1.54) is 5.69 Å². The van der Waals surface area contributed by atoms with Gasteiger partial charge in [0.1, 0.15) is 6.61 Å². The number of nitrogens with zero attached hydrogens (tertiary/aromatic N) is 2. The van der Waals surface area contributed by atoms with E-state index in [4.69, 9.17) is 4.74 Å². The molecule has 1 amide bonds. The van der Waals surface area contributed by atoms with Crippen molar-refractivity contribution >= 4 is 5.91 Å². The number of piperazine rings is 1. The Labute approximate surface area is 107 Å². The molecule has 98 valence electrons. The van der Waals surface area contributed by atoms with Crippen molar-refractivity contribution in [2.24, 2.45) is 0 Å². The molecular formula is C13H19N3O2. The lowest BCUT2D eigenvalue weighted by Gasteiger charge is -2.37. The number of hydrogen-bond donors (Lipinski definition) is 1. The summed E-state index contributed by atoms with van der Waals surface area (Å²) in [5.41, 5.74) is 1.22. The van der Waals surface area contributed by atoms with Gasteiger partial charge >= 0.3 is 0 Å². The van der Waals surface area contributed by atoms with E-state index in [0.29, 0.717) is 6.04 Å². The molecule has 1 fully saturated rings. The molecule has 3 heterocycles. The summed E-state index contributed by atoms with van der Waals surface area (Å²) in [5, 5.41) is 3.56. The van der Waals surface area contributed by atoms with Gasteiger partial charge in [-0.2, -0.15) is 0 Å². The van der Waals surface area contributed by atoms with Gasteiger partial charge in [-0.25, -0.2) is 0 Å². The van der Waals surface area contributed by atoms with Gasteiger partial charge < -0.3 is 19.5 Å². The van der Waals surface area contributed by atoms with Gasteiger partial charge in [-0.1, -0.05) is 0 Å². The Kier molecular flexibility index (Phi) is 2.78. The molecule has 1 aromatic rings. The lowest BCUT2D eigenvalue weighted by molar-refractivity contribution is -0.130. The Balaban J connectivity index is 1.84. The zero-order valence-electron chi connectivity index (χ0n) is 10.8. The van der Waals surface area contributed by atoms with Crippen molar-refractivity contribution in [2.45, 2.75) is 32.5 Å². The van der Waals surface area contributed by atoms with Crippen LogP contribution < -0.4 is 10.1 Å². The van der Waals surface area contributed by atoms with Gasteiger partial charge in [-0.15, -0.1) is 0 Å². The lowest BCUT2D eigenvalue weighted by atomic mass is 10.1. The first kappa shape index (κ1) is 11.6. The Morgan fingerprint density at radius 2 is 2.28 bits per heavy atom. The fourth-order valence-corrected chi connectivity index (χ4v) is 2.89. The normalized spacial score (nSPS) is 26.9. The highest BCUT2D eigenvalue weighted by molar-refractivity contribution is 5.73. The first-order chi connectivity index (χ1) is 8.65. The van der Waals surface area contributed by atoms with Crippen molar-refractivity contribution in [2.75, 3.05) is 19.7 Å². The van der Waals surface area contributed by atoms with Crippen LogP contribution >= 0.6 is 0 Å². The Morgan fingerprint density at radius 1 is 1.44 bits per heavy atom. The maximum absolute atomic E-state index is 11.6. The maximum atomic E-state index is 11.6. The van der Waals surface area contributed by atoms with Gasteiger partial charge in [-0.05, 0) is 13.0 Å². The highest BCUT2D eigenvalue weighted by atomic mass is 16.5. The molecule has 0 spiro atoms. The van der Waals surface area contributed by atoms with Crippen molar-refractivity contribution in [3.8, 4) is 5.88 Å². The van der Waals surface area contributed by atoms with Crippen LogP contribution in [0.15, 0.2) is 12.1 Å². The van der Waals surface area contributed by atoms with Crippen LogP contribution in [-0.2, 0) is 11.3 Å². The molecule has 2 aliphatic heterocycles. The van der Waals surface area contributed by atoms with Crippen LogP contribution in [0.5, 0.6) is 5.88 Å². The number of fused-ring (bicyclic) bond motifs is 1. The van der Waals surface area contributed by atoms with Gasteiger partial charge in [0.2, 0.25) is 5.91 Å². The number of nitrogens with one attached hydrogen (secondary N) is 1. The molecule has 5 heteroatoms. The van der Waals surface area contributed by atoms with Crippen LogP contribution in [0.2, 0.25) is 0 Å². The van der Waals surface area contributed by atoms with Gasteiger partial charge in [0.05, 0.1) is 12.6 Å². The quantitative estimate of drug-likeness (QED) is 0.799. The molecule has 0 aromatic carbocycles. The molecular weight excluding hydrogens is 230 g/mol. The molecule has 1 aromatic heterocycles. The average Bonchev–Trinajstić information content (AvgIpc) is 2.89. The van der Waals surface area contributed by atoms with Gasteiger partial charge in [0.25, 0.3) is 0 Å². The van der Waals surface area contributed by atoms with Crippen molar-refractivity contribution in [3.63, 3.8) is 0 Å². The third-order valence-corrected chi connectivity index (χ3v) is 3.72. The number of ether oxygens (including phenoxy) is 1. The van der Waals surface area contributed by atoms with Crippen LogP contribution in [0, 0.1) is 0 Å².